The van der Waals surface area contributed by atoms with Gasteiger partial charge in [0.25, 0.3) is 0 Å². The van der Waals surface area contributed by atoms with Crippen LogP contribution < -0.4 is 5.32 Å². The van der Waals surface area contributed by atoms with E-state index in [2.05, 4.69) is 5.32 Å². The number of hydrogen-bond acceptors (Lipinski definition) is 4. The fraction of sp³-hybridized carbons (Fsp3) is 0.818. The Kier molecular flexibility index (Phi) is 4.92. The molecule has 0 radical (unpaired) electrons. The van der Waals surface area contributed by atoms with Crippen molar-refractivity contribution in [3.8, 4) is 0 Å². The van der Waals surface area contributed by atoms with Crippen molar-refractivity contribution >= 4 is 12.0 Å². The van der Waals surface area contributed by atoms with Crippen molar-refractivity contribution < 1.29 is 24.5 Å². The highest BCUT2D eigenvalue weighted by molar-refractivity contribution is 5.82. The molecule has 0 saturated carbocycles. The lowest BCUT2D eigenvalue weighted by Crippen LogP contribution is -2.55. The number of nitrogens with zero attached hydrogens (tertiary/aromatic N) is 1. The van der Waals surface area contributed by atoms with Gasteiger partial charge in [-0.05, 0) is 19.8 Å². The topological polar surface area (TPSA) is 99.1 Å². The van der Waals surface area contributed by atoms with Gasteiger partial charge in [0.1, 0.15) is 0 Å². The van der Waals surface area contributed by atoms with E-state index in [0.29, 0.717) is 13.1 Å². The number of rotatable bonds is 4. The summed E-state index contributed by atoms with van der Waals surface area (Å²) in [6, 6.07) is -1.76. The van der Waals surface area contributed by atoms with Crippen LogP contribution in [0.3, 0.4) is 0 Å². The average Bonchev–Trinajstić information content (AvgIpc) is 2.35. The van der Waals surface area contributed by atoms with E-state index >= 15 is 0 Å². The first kappa shape index (κ1) is 14.7. The molecule has 1 unspecified atom stereocenters. The number of urea groups is 1. The van der Waals surface area contributed by atoms with Gasteiger partial charge in [-0.25, -0.2) is 9.59 Å². The predicted octanol–water partition coefficient (Wildman–Crippen LogP) is -0.358. The third-order valence-electron chi connectivity index (χ3n) is 3.22. The molecule has 18 heavy (non-hydrogen) atoms. The molecule has 1 heterocycles. The zero-order chi connectivity index (χ0) is 13.8. The fourth-order valence-electron chi connectivity index (χ4n) is 1.97. The van der Waals surface area contributed by atoms with Gasteiger partial charge in [0.2, 0.25) is 0 Å². The van der Waals surface area contributed by atoms with Crippen LogP contribution in [-0.2, 0) is 9.53 Å². The highest BCUT2D eigenvalue weighted by Gasteiger charge is 2.34. The lowest BCUT2D eigenvalue weighted by atomic mass is 9.95. The number of carboxylic acids is 1. The van der Waals surface area contributed by atoms with Crippen LogP contribution in [-0.4, -0.2) is 65.6 Å². The number of methoxy groups -OCH3 is 1. The maximum absolute atomic E-state index is 11.9. The molecule has 0 bridgehead atoms. The van der Waals surface area contributed by atoms with Gasteiger partial charge in [-0.1, -0.05) is 0 Å². The third-order valence-corrected chi connectivity index (χ3v) is 3.22. The summed E-state index contributed by atoms with van der Waals surface area (Å²) in [5.41, 5.74) is -0.395. The zero-order valence-corrected chi connectivity index (χ0v) is 10.7. The molecule has 1 aliphatic heterocycles. The number of ether oxygens (including phenoxy) is 1. The number of piperidine rings is 1. The van der Waals surface area contributed by atoms with Crippen LogP contribution in [0, 0.1) is 0 Å². The second kappa shape index (κ2) is 6.01. The summed E-state index contributed by atoms with van der Waals surface area (Å²) in [5, 5.41) is 19.9. The summed E-state index contributed by atoms with van der Waals surface area (Å²) in [7, 11) is 1.59. The summed E-state index contributed by atoms with van der Waals surface area (Å²) in [6.07, 6.45) is 1.66. The number of likely N-dealkylation sites (tertiary alicyclic amines) is 1. The lowest BCUT2D eigenvalue weighted by molar-refractivity contribution is -0.140. The van der Waals surface area contributed by atoms with Crippen LogP contribution in [0.25, 0.3) is 0 Å². The second-order valence-corrected chi connectivity index (χ2v) is 4.70. The van der Waals surface area contributed by atoms with Gasteiger partial charge >= 0.3 is 12.0 Å². The lowest BCUT2D eigenvalue weighted by Gasteiger charge is -2.39. The molecule has 104 valence electrons. The standard InChI is InChI=1S/C11H20N2O5/c1-11(18-2)4-3-5-13(7-11)10(17)12-8(6-14)9(15)16/h8,14H,3-7H2,1-2H3,(H,12,17)(H,15,16)/t8-,11?/m1/s1. The Morgan fingerprint density at radius 3 is 2.72 bits per heavy atom. The Bertz CT molecular complexity index is 323. The number of aliphatic hydroxyl groups excluding tert-OH is 1. The Balaban J connectivity index is 2.59. The van der Waals surface area contributed by atoms with Crippen molar-refractivity contribution in [3.63, 3.8) is 0 Å². The number of aliphatic carboxylic acids is 1. The first-order chi connectivity index (χ1) is 8.41. The van der Waals surface area contributed by atoms with Gasteiger partial charge in [0.15, 0.2) is 6.04 Å². The SMILES string of the molecule is COC1(C)CCCN(C(=O)N[C@H](CO)C(=O)O)C1. The minimum absolute atomic E-state index is 0.395. The number of carbonyl (C=O) groups excluding carboxylic acids is 1. The minimum atomic E-state index is -1.27. The van der Waals surface area contributed by atoms with Crippen molar-refractivity contribution in [2.45, 2.75) is 31.4 Å². The summed E-state index contributed by atoms with van der Waals surface area (Å²) in [4.78, 5) is 24.1. The van der Waals surface area contributed by atoms with Crippen molar-refractivity contribution in [3.05, 3.63) is 0 Å². The van der Waals surface area contributed by atoms with Crippen LogP contribution >= 0.6 is 0 Å². The molecule has 1 aliphatic rings. The van der Waals surface area contributed by atoms with Gasteiger partial charge in [0, 0.05) is 13.7 Å². The van der Waals surface area contributed by atoms with Crippen molar-refractivity contribution in [1.29, 1.82) is 0 Å². The first-order valence-electron chi connectivity index (χ1n) is 5.86. The third kappa shape index (κ3) is 3.58. The van der Waals surface area contributed by atoms with Gasteiger partial charge in [-0.3, -0.25) is 0 Å². The van der Waals surface area contributed by atoms with Crippen molar-refractivity contribution in [1.82, 2.24) is 10.2 Å². The molecule has 7 heteroatoms. The van der Waals surface area contributed by atoms with Crippen molar-refractivity contribution in [2.24, 2.45) is 0 Å². The van der Waals surface area contributed by atoms with E-state index in [1.54, 1.807) is 7.11 Å². The molecule has 0 aliphatic carbocycles. The summed E-state index contributed by atoms with van der Waals surface area (Å²) < 4.78 is 5.35. The summed E-state index contributed by atoms with van der Waals surface area (Å²) in [6.45, 7) is 2.25. The molecule has 3 N–H and O–H groups in total. The molecule has 1 fully saturated rings. The Morgan fingerprint density at radius 2 is 2.22 bits per heavy atom. The number of hydrogen-bond donors (Lipinski definition) is 3. The van der Waals surface area contributed by atoms with E-state index in [9.17, 15) is 9.59 Å². The monoisotopic (exact) mass is 260 g/mol. The molecular weight excluding hydrogens is 240 g/mol. The van der Waals surface area contributed by atoms with E-state index in [1.807, 2.05) is 6.92 Å². The first-order valence-corrected chi connectivity index (χ1v) is 5.86. The smallest absolute Gasteiger partial charge is 0.328 e. The molecule has 0 aromatic rings. The Labute approximate surface area is 106 Å². The van der Waals surface area contributed by atoms with Crippen LogP contribution in [0.1, 0.15) is 19.8 Å². The normalized spacial score (nSPS) is 25.6. The van der Waals surface area contributed by atoms with E-state index in [4.69, 9.17) is 14.9 Å². The zero-order valence-electron chi connectivity index (χ0n) is 10.7. The Hall–Kier alpha value is -1.34. The van der Waals surface area contributed by atoms with E-state index < -0.39 is 30.3 Å². The molecule has 1 saturated heterocycles. The maximum atomic E-state index is 11.9. The fourth-order valence-corrected chi connectivity index (χ4v) is 1.97. The van der Waals surface area contributed by atoms with E-state index in [-0.39, 0.29) is 0 Å². The number of nitrogens with one attached hydrogen (secondary N) is 1. The highest BCUT2D eigenvalue weighted by atomic mass is 16.5. The largest absolute Gasteiger partial charge is 0.480 e. The van der Waals surface area contributed by atoms with Crippen LogP contribution in [0.5, 0.6) is 0 Å². The number of amides is 2. The van der Waals surface area contributed by atoms with Gasteiger partial charge in [0.05, 0.1) is 18.8 Å². The molecule has 1 rings (SSSR count). The van der Waals surface area contributed by atoms with Gasteiger partial charge < -0.3 is 25.2 Å². The second-order valence-electron chi connectivity index (χ2n) is 4.70. The van der Waals surface area contributed by atoms with E-state index in [0.717, 1.165) is 12.8 Å². The maximum Gasteiger partial charge on any atom is 0.328 e. The van der Waals surface area contributed by atoms with Crippen LogP contribution in [0.4, 0.5) is 4.79 Å². The molecule has 2 atom stereocenters. The summed E-state index contributed by atoms with van der Waals surface area (Å²) in [5.74, 6) is -1.25. The highest BCUT2D eigenvalue weighted by Crippen LogP contribution is 2.23. The number of aliphatic hydroxyl groups is 1. The van der Waals surface area contributed by atoms with Crippen LogP contribution in [0.15, 0.2) is 0 Å². The molecule has 0 aromatic carbocycles. The summed E-state index contributed by atoms with van der Waals surface area (Å²) >= 11 is 0. The quantitative estimate of drug-likeness (QED) is 0.641. The van der Waals surface area contributed by atoms with Gasteiger partial charge in [-0.15, -0.1) is 0 Å². The van der Waals surface area contributed by atoms with Gasteiger partial charge in [-0.2, -0.15) is 0 Å². The Morgan fingerprint density at radius 1 is 1.56 bits per heavy atom. The minimum Gasteiger partial charge on any atom is -0.480 e. The van der Waals surface area contributed by atoms with E-state index in [1.165, 1.54) is 4.90 Å². The van der Waals surface area contributed by atoms with Crippen molar-refractivity contribution in [2.75, 3.05) is 26.8 Å². The molecule has 0 aromatic heterocycles. The molecule has 2 amide bonds. The number of carbonyl (C=O) groups is 2. The van der Waals surface area contributed by atoms with Crippen LogP contribution in [0.2, 0.25) is 0 Å². The average molecular weight is 260 g/mol. The molecule has 7 nitrogen and oxygen atoms in total. The molecule has 0 spiro atoms. The number of carboxylic acid groups (broad SMARTS) is 1. The molecular formula is C11H20N2O5. The predicted molar refractivity (Wildman–Crippen MR) is 63.3 cm³/mol.